The number of nitrogens with one attached hydrogen (secondary N) is 1. The van der Waals surface area contributed by atoms with Gasteiger partial charge in [0.2, 0.25) is 15.9 Å². The summed E-state index contributed by atoms with van der Waals surface area (Å²) >= 11 is 5.85. The third-order valence-corrected chi connectivity index (χ3v) is 6.66. The van der Waals surface area contributed by atoms with Crippen molar-refractivity contribution in [3.05, 3.63) is 34.9 Å². The maximum absolute atomic E-state index is 12.8. The molecule has 1 aromatic rings. The van der Waals surface area contributed by atoms with Gasteiger partial charge in [0.1, 0.15) is 0 Å². The molecule has 0 aliphatic carbocycles. The van der Waals surface area contributed by atoms with Crippen molar-refractivity contribution in [2.24, 2.45) is 5.92 Å². The van der Waals surface area contributed by atoms with Gasteiger partial charge in [0.15, 0.2) is 0 Å². The Bertz CT molecular complexity index is 708. The van der Waals surface area contributed by atoms with Crippen LogP contribution in [-0.4, -0.2) is 62.3 Å². The maximum atomic E-state index is 12.8. The lowest BCUT2D eigenvalue weighted by molar-refractivity contribution is -0.124. The lowest BCUT2D eigenvalue weighted by Gasteiger charge is -2.32. The zero-order valence-corrected chi connectivity index (χ0v) is 15.2. The molecule has 3 rings (SSSR count). The number of carbonyl (C=O) groups excluding carboxylic acids is 1. The van der Waals surface area contributed by atoms with Crippen LogP contribution >= 0.6 is 11.6 Å². The second kappa shape index (κ2) is 7.00. The Hall–Kier alpha value is -1.15. The Balaban J connectivity index is 1.79. The number of likely N-dealkylation sites (N-methyl/N-ethyl adjacent to an activating group) is 1. The van der Waals surface area contributed by atoms with E-state index in [9.17, 15) is 13.2 Å². The Morgan fingerprint density at radius 3 is 2.54 bits per heavy atom. The van der Waals surface area contributed by atoms with Crippen LogP contribution in [0.25, 0.3) is 0 Å². The third-order valence-electron chi connectivity index (χ3n) is 4.63. The van der Waals surface area contributed by atoms with Gasteiger partial charge in [-0.25, -0.2) is 8.42 Å². The molecule has 0 aromatic heterocycles. The maximum Gasteiger partial charge on any atom is 0.226 e. The summed E-state index contributed by atoms with van der Waals surface area (Å²) in [6.45, 7) is 4.78. The van der Waals surface area contributed by atoms with E-state index in [2.05, 4.69) is 17.1 Å². The van der Waals surface area contributed by atoms with E-state index in [1.54, 1.807) is 24.3 Å². The number of rotatable bonds is 4. The number of amides is 1. The predicted octanol–water partition coefficient (Wildman–Crippen LogP) is 0.922. The molecule has 132 valence electrons. The van der Waals surface area contributed by atoms with Crippen LogP contribution in [0.2, 0.25) is 5.02 Å². The fourth-order valence-corrected chi connectivity index (χ4v) is 5.06. The summed E-state index contributed by atoms with van der Waals surface area (Å²) in [5, 5.41) is 3.55. The molecular formula is C16H22ClN3O3S. The fraction of sp³-hybridized carbons (Fsp3) is 0.562. The van der Waals surface area contributed by atoms with Crippen LogP contribution in [0.1, 0.15) is 12.5 Å². The van der Waals surface area contributed by atoms with Crippen molar-refractivity contribution >= 4 is 27.5 Å². The number of hydrogen-bond donors (Lipinski definition) is 1. The van der Waals surface area contributed by atoms with Crippen molar-refractivity contribution < 1.29 is 13.2 Å². The highest BCUT2D eigenvalue weighted by molar-refractivity contribution is 7.88. The molecule has 2 bridgehead atoms. The number of hydrogen-bond acceptors (Lipinski definition) is 4. The highest BCUT2D eigenvalue weighted by atomic mass is 35.5. The summed E-state index contributed by atoms with van der Waals surface area (Å²) in [5.41, 5.74) is 0.697. The predicted molar refractivity (Wildman–Crippen MR) is 93.2 cm³/mol. The van der Waals surface area contributed by atoms with Gasteiger partial charge < -0.3 is 10.2 Å². The third kappa shape index (κ3) is 3.91. The molecule has 0 saturated carbocycles. The summed E-state index contributed by atoms with van der Waals surface area (Å²) in [5.74, 6) is -0.437. The van der Waals surface area contributed by atoms with Gasteiger partial charge in [-0.05, 0) is 24.2 Å². The zero-order chi connectivity index (χ0) is 17.3. The van der Waals surface area contributed by atoms with E-state index in [-0.39, 0.29) is 30.2 Å². The van der Waals surface area contributed by atoms with Crippen molar-refractivity contribution in [1.29, 1.82) is 0 Å². The van der Waals surface area contributed by atoms with Crippen molar-refractivity contribution in [2.45, 2.75) is 18.7 Å². The first-order valence-corrected chi connectivity index (χ1v) is 10.1. The number of nitrogens with zero attached hydrogens (tertiary/aromatic N) is 2. The summed E-state index contributed by atoms with van der Waals surface area (Å²) in [6.07, 6.45) is 0. The first-order chi connectivity index (χ1) is 11.4. The average Bonchev–Trinajstić information content (AvgIpc) is 2.76. The van der Waals surface area contributed by atoms with Gasteiger partial charge in [0.25, 0.3) is 0 Å². The molecule has 1 aromatic carbocycles. The molecule has 0 radical (unpaired) electrons. The minimum atomic E-state index is -3.48. The highest BCUT2D eigenvalue weighted by Crippen LogP contribution is 2.21. The number of halogens is 1. The topological polar surface area (TPSA) is 69.7 Å². The Morgan fingerprint density at radius 1 is 1.17 bits per heavy atom. The summed E-state index contributed by atoms with van der Waals surface area (Å²) in [7, 11) is -3.48. The largest absolute Gasteiger partial charge is 0.350 e. The molecule has 1 N–H and O–H groups in total. The SMILES string of the molecule is CCN1C[C@H]2CN(S(=O)(=O)Cc3ccc(Cl)cc3)C[C@@H](C1)C(=O)N2. The Morgan fingerprint density at radius 2 is 1.88 bits per heavy atom. The van der Waals surface area contributed by atoms with E-state index >= 15 is 0 Å². The minimum Gasteiger partial charge on any atom is -0.350 e. The van der Waals surface area contributed by atoms with Gasteiger partial charge in [0, 0.05) is 31.2 Å². The Labute approximate surface area is 147 Å². The minimum absolute atomic E-state index is 0.0415. The van der Waals surface area contributed by atoms with Gasteiger partial charge >= 0.3 is 0 Å². The van der Waals surface area contributed by atoms with Crippen LogP contribution in [0.4, 0.5) is 0 Å². The number of sulfonamides is 1. The van der Waals surface area contributed by atoms with Crippen molar-refractivity contribution in [3.8, 4) is 0 Å². The van der Waals surface area contributed by atoms with Crippen LogP contribution in [0, 0.1) is 5.92 Å². The molecule has 0 unspecified atom stereocenters. The van der Waals surface area contributed by atoms with Gasteiger partial charge in [0.05, 0.1) is 17.7 Å². The smallest absolute Gasteiger partial charge is 0.226 e. The molecule has 0 spiro atoms. The normalized spacial score (nSPS) is 26.0. The van der Waals surface area contributed by atoms with Crippen molar-refractivity contribution in [1.82, 2.24) is 14.5 Å². The fourth-order valence-electron chi connectivity index (χ4n) is 3.32. The first kappa shape index (κ1) is 17.7. The number of fused-ring (bicyclic) bond motifs is 3. The number of benzene rings is 1. The molecule has 1 amide bonds. The quantitative estimate of drug-likeness (QED) is 0.854. The molecule has 6 nitrogen and oxygen atoms in total. The van der Waals surface area contributed by atoms with E-state index in [4.69, 9.17) is 11.6 Å². The molecule has 2 fully saturated rings. The van der Waals surface area contributed by atoms with E-state index in [0.29, 0.717) is 30.2 Å². The molecular weight excluding hydrogens is 350 g/mol. The molecule has 2 atom stereocenters. The van der Waals surface area contributed by atoms with Crippen LogP contribution in [0.5, 0.6) is 0 Å². The average molecular weight is 372 g/mol. The molecule has 24 heavy (non-hydrogen) atoms. The molecule has 2 aliphatic rings. The summed E-state index contributed by atoms with van der Waals surface area (Å²) in [4.78, 5) is 14.5. The zero-order valence-electron chi connectivity index (χ0n) is 13.6. The molecule has 8 heteroatoms. The second-order valence-electron chi connectivity index (χ2n) is 6.45. The van der Waals surface area contributed by atoms with Crippen LogP contribution in [0.15, 0.2) is 24.3 Å². The highest BCUT2D eigenvalue weighted by Gasteiger charge is 2.39. The van der Waals surface area contributed by atoms with Gasteiger partial charge in [-0.2, -0.15) is 4.31 Å². The lowest BCUT2D eigenvalue weighted by Crippen LogP contribution is -2.49. The van der Waals surface area contributed by atoms with Crippen molar-refractivity contribution in [3.63, 3.8) is 0 Å². The second-order valence-corrected chi connectivity index (χ2v) is 8.86. The van der Waals surface area contributed by atoms with Crippen LogP contribution in [-0.2, 0) is 20.6 Å². The number of carbonyl (C=O) groups is 1. The van der Waals surface area contributed by atoms with E-state index in [0.717, 1.165) is 6.54 Å². The lowest BCUT2D eigenvalue weighted by atomic mass is 10.1. The van der Waals surface area contributed by atoms with Gasteiger partial charge in [-0.3, -0.25) is 4.79 Å². The molecule has 2 saturated heterocycles. The molecule has 2 heterocycles. The van der Waals surface area contributed by atoms with Gasteiger partial charge in [-0.15, -0.1) is 0 Å². The standard InChI is InChI=1S/C16H22ClN3O3S/c1-2-19-7-13-8-20(10-15(9-19)18-16(13)21)24(22,23)11-12-3-5-14(17)6-4-12/h3-6,13,15H,2,7-11H2,1H3,(H,18,21)/t13-,15+/m1/s1. The van der Waals surface area contributed by atoms with Gasteiger partial charge in [-0.1, -0.05) is 30.7 Å². The Kier molecular flexibility index (Phi) is 5.15. The van der Waals surface area contributed by atoms with E-state index < -0.39 is 10.0 Å². The monoisotopic (exact) mass is 371 g/mol. The van der Waals surface area contributed by atoms with E-state index in [1.165, 1.54) is 4.31 Å². The van der Waals surface area contributed by atoms with E-state index in [1.807, 2.05) is 0 Å². The van der Waals surface area contributed by atoms with Crippen LogP contribution in [0.3, 0.4) is 0 Å². The first-order valence-electron chi connectivity index (χ1n) is 8.12. The molecule has 2 aliphatic heterocycles. The summed E-state index contributed by atoms with van der Waals surface area (Å²) in [6, 6.07) is 6.66. The van der Waals surface area contributed by atoms with Crippen molar-refractivity contribution in [2.75, 3.05) is 32.7 Å². The van der Waals surface area contributed by atoms with Crippen LogP contribution < -0.4 is 5.32 Å². The summed E-state index contributed by atoms with van der Waals surface area (Å²) < 4.78 is 27.1.